The Hall–Kier alpha value is -2.19. The van der Waals surface area contributed by atoms with E-state index in [-0.39, 0.29) is 11.2 Å². The third-order valence-corrected chi connectivity index (χ3v) is 4.95. The Morgan fingerprint density at radius 3 is 2.92 bits per heavy atom. The van der Waals surface area contributed by atoms with Crippen molar-refractivity contribution in [3.63, 3.8) is 0 Å². The second kappa shape index (κ2) is 6.37. The monoisotopic (exact) mass is 343 g/mol. The fourth-order valence-electron chi connectivity index (χ4n) is 2.76. The van der Waals surface area contributed by atoms with Crippen molar-refractivity contribution in [2.45, 2.75) is 17.3 Å². The van der Waals surface area contributed by atoms with Gasteiger partial charge in [0.15, 0.2) is 5.65 Å². The maximum atomic E-state index is 12.5. The third kappa shape index (κ3) is 2.83. The molecule has 2 aromatic heterocycles. The van der Waals surface area contributed by atoms with Crippen LogP contribution in [0.5, 0.6) is 0 Å². The van der Waals surface area contributed by atoms with Gasteiger partial charge in [0.2, 0.25) is 11.1 Å². The summed E-state index contributed by atoms with van der Waals surface area (Å²) in [5.74, 6) is 0.102. The van der Waals surface area contributed by atoms with Crippen LogP contribution in [-0.4, -0.2) is 61.9 Å². The van der Waals surface area contributed by atoms with E-state index in [0.717, 1.165) is 16.6 Å². The van der Waals surface area contributed by atoms with Gasteiger partial charge in [0.1, 0.15) is 6.33 Å². The molecule has 1 amide bonds. The van der Waals surface area contributed by atoms with Crippen molar-refractivity contribution in [2.24, 2.45) is 0 Å². The highest BCUT2D eigenvalue weighted by Gasteiger charge is 2.24. The number of morpholine rings is 1. The minimum atomic E-state index is -0.236. The predicted molar refractivity (Wildman–Crippen MR) is 91.0 cm³/mol. The summed E-state index contributed by atoms with van der Waals surface area (Å²) in [6.45, 7) is 4.40. The van der Waals surface area contributed by atoms with Crippen molar-refractivity contribution in [2.75, 3.05) is 26.3 Å². The second-order valence-electron chi connectivity index (χ2n) is 5.62. The Balaban J connectivity index is 1.58. The molecule has 0 spiro atoms. The number of nitrogens with zero attached hydrogens (tertiary/aromatic N) is 5. The molecule has 1 aromatic carbocycles. The number of hydrogen-bond acceptors (Lipinski definition) is 6. The first kappa shape index (κ1) is 15.3. The minimum absolute atomic E-state index is 0.102. The number of benzene rings is 1. The molecule has 7 nitrogen and oxygen atoms in total. The molecule has 1 atom stereocenters. The highest BCUT2D eigenvalue weighted by molar-refractivity contribution is 8.00. The lowest BCUT2D eigenvalue weighted by atomic mass is 10.2. The lowest BCUT2D eigenvalue weighted by Crippen LogP contribution is -2.44. The number of fused-ring (bicyclic) bond motifs is 3. The Morgan fingerprint density at radius 2 is 2.08 bits per heavy atom. The standard InChI is InChI=1S/C16H17N5O2S/c1-11(15(22)20-6-8-23-9-7-20)24-16-18-14-12-4-2-3-5-13(12)17-10-21(14)19-16/h2-5,10-11H,6-9H2,1H3/t11-/m1/s1. The van der Waals surface area contributed by atoms with Crippen molar-refractivity contribution in [1.29, 1.82) is 0 Å². The number of rotatable bonds is 3. The van der Waals surface area contributed by atoms with E-state index < -0.39 is 0 Å². The average Bonchev–Trinajstić information content (AvgIpc) is 3.04. The van der Waals surface area contributed by atoms with E-state index in [2.05, 4.69) is 15.1 Å². The van der Waals surface area contributed by atoms with Gasteiger partial charge in [-0.25, -0.2) is 14.5 Å². The van der Waals surface area contributed by atoms with Gasteiger partial charge in [-0.1, -0.05) is 23.9 Å². The summed E-state index contributed by atoms with van der Waals surface area (Å²) in [4.78, 5) is 23.3. The molecule has 0 radical (unpaired) electrons. The molecule has 1 aliphatic rings. The molecule has 8 heteroatoms. The van der Waals surface area contributed by atoms with E-state index in [0.29, 0.717) is 31.5 Å². The van der Waals surface area contributed by atoms with Crippen LogP contribution in [0.4, 0.5) is 0 Å². The zero-order valence-electron chi connectivity index (χ0n) is 13.3. The Kier molecular flexibility index (Phi) is 4.07. The van der Waals surface area contributed by atoms with Gasteiger partial charge in [0, 0.05) is 18.5 Å². The third-order valence-electron chi connectivity index (χ3n) is 4.02. The first-order valence-electron chi connectivity index (χ1n) is 7.86. The first-order valence-corrected chi connectivity index (χ1v) is 8.73. The number of carbonyl (C=O) groups excluding carboxylic acids is 1. The molecule has 3 aromatic rings. The maximum absolute atomic E-state index is 12.5. The van der Waals surface area contributed by atoms with Gasteiger partial charge in [-0.05, 0) is 19.1 Å². The SMILES string of the molecule is C[C@@H](Sc1nc2c3ccccc3ncn2n1)C(=O)N1CCOCC1. The van der Waals surface area contributed by atoms with Gasteiger partial charge in [-0.3, -0.25) is 4.79 Å². The fourth-order valence-corrected chi connectivity index (χ4v) is 3.60. The number of thioether (sulfide) groups is 1. The molecule has 0 bridgehead atoms. The number of ether oxygens (including phenoxy) is 1. The topological polar surface area (TPSA) is 72.6 Å². The number of carbonyl (C=O) groups is 1. The summed E-state index contributed by atoms with van der Waals surface area (Å²) >= 11 is 1.38. The summed E-state index contributed by atoms with van der Waals surface area (Å²) < 4.78 is 6.96. The van der Waals surface area contributed by atoms with Gasteiger partial charge < -0.3 is 9.64 Å². The summed E-state index contributed by atoms with van der Waals surface area (Å²) in [5, 5.41) is 5.74. The highest BCUT2D eigenvalue weighted by Crippen LogP contribution is 2.24. The molecule has 0 N–H and O–H groups in total. The summed E-state index contributed by atoms with van der Waals surface area (Å²) in [7, 11) is 0. The number of amides is 1. The average molecular weight is 343 g/mol. The highest BCUT2D eigenvalue weighted by atomic mass is 32.2. The van der Waals surface area contributed by atoms with E-state index in [1.165, 1.54) is 11.8 Å². The van der Waals surface area contributed by atoms with Crippen molar-refractivity contribution >= 4 is 34.2 Å². The molecule has 0 unspecified atom stereocenters. The van der Waals surface area contributed by atoms with Gasteiger partial charge in [0.25, 0.3) is 0 Å². The number of aromatic nitrogens is 4. The van der Waals surface area contributed by atoms with Crippen molar-refractivity contribution < 1.29 is 9.53 Å². The van der Waals surface area contributed by atoms with Crippen LogP contribution < -0.4 is 0 Å². The van der Waals surface area contributed by atoms with Crippen LogP contribution in [0.25, 0.3) is 16.6 Å². The van der Waals surface area contributed by atoms with Crippen LogP contribution >= 0.6 is 11.8 Å². The maximum Gasteiger partial charge on any atom is 0.236 e. The van der Waals surface area contributed by atoms with Gasteiger partial charge >= 0.3 is 0 Å². The Labute approximate surface area is 143 Å². The molecule has 1 saturated heterocycles. The van der Waals surface area contributed by atoms with Crippen LogP contribution in [0.15, 0.2) is 35.7 Å². The summed E-state index contributed by atoms with van der Waals surface area (Å²) in [5.41, 5.74) is 1.64. The summed E-state index contributed by atoms with van der Waals surface area (Å²) in [6.07, 6.45) is 1.66. The minimum Gasteiger partial charge on any atom is -0.378 e. The van der Waals surface area contributed by atoms with Crippen LogP contribution in [-0.2, 0) is 9.53 Å². The fraction of sp³-hybridized carbons (Fsp3) is 0.375. The normalized spacial score (nSPS) is 16.6. The smallest absolute Gasteiger partial charge is 0.236 e. The van der Waals surface area contributed by atoms with E-state index in [1.807, 2.05) is 36.1 Å². The first-order chi connectivity index (χ1) is 11.7. The molecular weight excluding hydrogens is 326 g/mol. The van der Waals surface area contributed by atoms with Crippen LogP contribution in [0, 0.1) is 0 Å². The van der Waals surface area contributed by atoms with Crippen LogP contribution in [0.2, 0.25) is 0 Å². The molecule has 0 aliphatic carbocycles. The molecule has 24 heavy (non-hydrogen) atoms. The van der Waals surface area contributed by atoms with Gasteiger partial charge in [-0.15, -0.1) is 5.10 Å². The zero-order chi connectivity index (χ0) is 16.5. The van der Waals surface area contributed by atoms with E-state index >= 15 is 0 Å². The zero-order valence-corrected chi connectivity index (χ0v) is 14.1. The van der Waals surface area contributed by atoms with Crippen molar-refractivity contribution in [3.05, 3.63) is 30.6 Å². The molecule has 1 aliphatic heterocycles. The van der Waals surface area contributed by atoms with E-state index in [9.17, 15) is 4.79 Å². The molecular formula is C16H17N5O2S. The summed E-state index contributed by atoms with van der Waals surface area (Å²) in [6, 6.07) is 7.82. The molecule has 4 rings (SSSR count). The van der Waals surface area contributed by atoms with E-state index in [1.54, 1.807) is 10.8 Å². The molecule has 3 heterocycles. The number of hydrogen-bond donors (Lipinski definition) is 0. The van der Waals surface area contributed by atoms with Crippen LogP contribution in [0.1, 0.15) is 6.92 Å². The Bertz CT molecular complexity index is 890. The van der Waals surface area contributed by atoms with Crippen LogP contribution in [0.3, 0.4) is 0 Å². The molecule has 1 fully saturated rings. The molecule has 124 valence electrons. The lowest BCUT2D eigenvalue weighted by Gasteiger charge is -2.28. The largest absolute Gasteiger partial charge is 0.378 e. The van der Waals surface area contributed by atoms with Gasteiger partial charge in [-0.2, -0.15) is 0 Å². The second-order valence-corrected chi connectivity index (χ2v) is 6.93. The number of para-hydroxylation sites is 1. The lowest BCUT2D eigenvalue weighted by molar-refractivity contribution is -0.134. The predicted octanol–water partition coefficient (Wildman–Crippen LogP) is 1.62. The van der Waals surface area contributed by atoms with Crippen molar-refractivity contribution in [1.82, 2.24) is 24.5 Å². The van der Waals surface area contributed by atoms with E-state index in [4.69, 9.17) is 4.74 Å². The van der Waals surface area contributed by atoms with Crippen molar-refractivity contribution in [3.8, 4) is 0 Å². The molecule has 0 saturated carbocycles. The Morgan fingerprint density at radius 1 is 1.29 bits per heavy atom. The quantitative estimate of drug-likeness (QED) is 0.673. The van der Waals surface area contributed by atoms with Gasteiger partial charge in [0.05, 0.1) is 24.0 Å².